The molecule has 1 amide bonds. The number of nitrogens with one attached hydrogen (secondary N) is 1. The first-order valence-corrected chi connectivity index (χ1v) is 7.97. The Balaban J connectivity index is 1.75. The summed E-state index contributed by atoms with van der Waals surface area (Å²) in [5.74, 6) is 1.83. The molecule has 0 aliphatic heterocycles. The van der Waals surface area contributed by atoms with E-state index in [1.54, 1.807) is 0 Å². The Morgan fingerprint density at radius 3 is 2.74 bits per heavy atom. The Morgan fingerprint density at radius 2 is 2.16 bits per heavy atom. The van der Waals surface area contributed by atoms with Crippen LogP contribution in [0.1, 0.15) is 57.3 Å². The van der Waals surface area contributed by atoms with Crippen LogP contribution in [-0.4, -0.2) is 32.5 Å². The quantitative estimate of drug-likeness (QED) is 0.811. The molecule has 0 spiro atoms. The van der Waals surface area contributed by atoms with Gasteiger partial charge in [0.2, 0.25) is 5.91 Å². The minimum Gasteiger partial charge on any atom is -0.355 e. The Bertz CT molecular complexity index is 479. The lowest BCUT2D eigenvalue weighted by molar-refractivity contribution is -0.120. The molecule has 1 aromatic rings. The van der Waals surface area contributed by atoms with E-state index in [4.69, 9.17) is 0 Å². The summed E-state index contributed by atoms with van der Waals surface area (Å²) in [5.41, 5.74) is 0. The maximum Gasteiger partial charge on any atom is 0.233 e. The van der Waals surface area contributed by atoms with Crippen LogP contribution < -0.4 is 5.32 Å². The molecule has 2 fully saturated rings. The highest BCUT2D eigenvalue weighted by atomic mass is 32.2. The third kappa shape index (κ3) is 2.78. The predicted octanol–water partition coefficient (Wildman–Crippen LogP) is 2.11. The molecule has 0 saturated heterocycles. The van der Waals surface area contributed by atoms with Crippen LogP contribution in [-0.2, 0) is 4.79 Å². The monoisotopic (exact) mass is 280 g/mol. The van der Waals surface area contributed by atoms with E-state index in [2.05, 4.69) is 20.1 Å². The highest BCUT2D eigenvalue weighted by molar-refractivity contribution is 8.00. The van der Waals surface area contributed by atoms with E-state index in [1.165, 1.54) is 37.4 Å². The van der Waals surface area contributed by atoms with Crippen molar-refractivity contribution in [2.45, 2.75) is 61.9 Å². The van der Waals surface area contributed by atoms with Crippen molar-refractivity contribution >= 4 is 17.7 Å². The number of hydrogen-bond donors (Lipinski definition) is 1. The number of carbonyl (C=O) groups excluding carboxylic acids is 1. The fourth-order valence-corrected chi connectivity index (χ4v) is 3.14. The van der Waals surface area contributed by atoms with E-state index in [9.17, 15) is 4.79 Å². The van der Waals surface area contributed by atoms with Crippen LogP contribution in [0.4, 0.5) is 0 Å². The lowest BCUT2D eigenvalue weighted by atomic mass is 10.4. The van der Waals surface area contributed by atoms with Gasteiger partial charge >= 0.3 is 0 Å². The van der Waals surface area contributed by atoms with Crippen molar-refractivity contribution < 1.29 is 4.79 Å². The van der Waals surface area contributed by atoms with Crippen LogP contribution in [0.2, 0.25) is 0 Å². The molecule has 0 radical (unpaired) electrons. The Labute approximate surface area is 117 Å². The fourth-order valence-electron chi connectivity index (χ4n) is 2.19. The molecule has 0 unspecified atom stereocenters. The third-order valence-corrected chi connectivity index (χ3v) is 4.60. The summed E-state index contributed by atoms with van der Waals surface area (Å²) in [6, 6.07) is 0.578. The maximum atomic E-state index is 11.8. The maximum absolute atomic E-state index is 11.8. The summed E-state index contributed by atoms with van der Waals surface area (Å²) >= 11 is 1.53. The molecule has 19 heavy (non-hydrogen) atoms. The summed E-state index contributed by atoms with van der Waals surface area (Å²) in [7, 11) is 0. The molecular weight excluding hydrogens is 260 g/mol. The van der Waals surface area contributed by atoms with Gasteiger partial charge in [-0.2, -0.15) is 0 Å². The van der Waals surface area contributed by atoms with Crippen LogP contribution in [0.5, 0.6) is 0 Å². The van der Waals surface area contributed by atoms with Gasteiger partial charge in [0.05, 0.1) is 5.25 Å². The van der Waals surface area contributed by atoms with Gasteiger partial charge in [0, 0.05) is 18.5 Å². The summed E-state index contributed by atoms with van der Waals surface area (Å²) in [6.07, 6.45) is 4.92. The number of nitrogens with zero attached hydrogens (tertiary/aromatic N) is 3. The average Bonchev–Trinajstić information content (AvgIpc) is 3.29. The molecule has 5 nitrogen and oxygen atoms in total. The Morgan fingerprint density at radius 1 is 1.42 bits per heavy atom. The van der Waals surface area contributed by atoms with Crippen LogP contribution in [0, 0.1) is 0 Å². The van der Waals surface area contributed by atoms with E-state index < -0.39 is 0 Å². The Hall–Kier alpha value is -1.04. The summed E-state index contributed by atoms with van der Waals surface area (Å²) in [4.78, 5) is 11.8. The molecule has 2 aliphatic rings. The number of carbonyl (C=O) groups is 1. The number of aromatic nitrogens is 3. The van der Waals surface area contributed by atoms with Crippen molar-refractivity contribution in [3.63, 3.8) is 0 Å². The van der Waals surface area contributed by atoms with Crippen molar-refractivity contribution in [2.75, 3.05) is 6.54 Å². The molecular formula is C13H20N4OS. The van der Waals surface area contributed by atoms with Gasteiger partial charge in [-0.15, -0.1) is 10.2 Å². The van der Waals surface area contributed by atoms with Gasteiger partial charge in [0.15, 0.2) is 5.16 Å². The summed E-state index contributed by atoms with van der Waals surface area (Å²) < 4.78 is 2.29. The fraction of sp³-hybridized carbons (Fsp3) is 0.769. The SMILES string of the molecule is CCNC(=O)[C@H](C)Sc1nnc(C2CC2)n1C1CC1. The van der Waals surface area contributed by atoms with Gasteiger partial charge in [-0.05, 0) is 39.5 Å². The van der Waals surface area contributed by atoms with Gasteiger partial charge in [0.25, 0.3) is 0 Å². The zero-order valence-corrected chi connectivity index (χ0v) is 12.2. The van der Waals surface area contributed by atoms with Gasteiger partial charge in [-0.25, -0.2) is 0 Å². The first kappa shape index (κ1) is 13.0. The first-order chi connectivity index (χ1) is 9.20. The van der Waals surface area contributed by atoms with Crippen molar-refractivity contribution in [1.82, 2.24) is 20.1 Å². The van der Waals surface area contributed by atoms with Gasteiger partial charge in [0.1, 0.15) is 5.82 Å². The second-order valence-electron chi connectivity index (χ2n) is 5.37. The lowest BCUT2D eigenvalue weighted by Crippen LogP contribution is -2.30. The molecule has 2 aliphatic carbocycles. The molecule has 2 saturated carbocycles. The highest BCUT2D eigenvalue weighted by Gasteiger charge is 2.36. The van der Waals surface area contributed by atoms with Crippen molar-refractivity contribution in [3.05, 3.63) is 5.82 Å². The molecule has 3 rings (SSSR count). The zero-order valence-electron chi connectivity index (χ0n) is 11.4. The number of rotatable bonds is 6. The van der Waals surface area contributed by atoms with E-state index >= 15 is 0 Å². The van der Waals surface area contributed by atoms with Crippen LogP contribution in [0.15, 0.2) is 5.16 Å². The molecule has 0 bridgehead atoms. The molecule has 1 heterocycles. The minimum atomic E-state index is -0.117. The molecule has 0 aromatic carbocycles. The van der Waals surface area contributed by atoms with Crippen molar-refractivity contribution in [2.24, 2.45) is 0 Å². The normalized spacial score (nSPS) is 20.3. The van der Waals surface area contributed by atoms with Crippen LogP contribution in [0.25, 0.3) is 0 Å². The second kappa shape index (κ2) is 5.15. The summed E-state index contributed by atoms with van der Waals surface area (Å²) in [5, 5.41) is 12.3. The highest BCUT2D eigenvalue weighted by Crippen LogP contribution is 2.46. The molecule has 1 atom stereocenters. The number of amides is 1. The average molecular weight is 280 g/mol. The van der Waals surface area contributed by atoms with Gasteiger partial charge in [-0.3, -0.25) is 4.79 Å². The molecule has 104 valence electrons. The van der Waals surface area contributed by atoms with Gasteiger partial charge in [-0.1, -0.05) is 11.8 Å². The smallest absolute Gasteiger partial charge is 0.233 e. The van der Waals surface area contributed by atoms with Crippen LogP contribution in [0.3, 0.4) is 0 Å². The lowest BCUT2D eigenvalue weighted by Gasteiger charge is -2.12. The number of thioether (sulfide) groups is 1. The Kier molecular flexibility index (Phi) is 3.52. The van der Waals surface area contributed by atoms with Gasteiger partial charge < -0.3 is 9.88 Å². The van der Waals surface area contributed by atoms with Crippen molar-refractivity contribution in [3.8, 4) is 0 Å². The largest absolute Gasteiger partial charge is 0.355 e. The van der Waals surface area contributed by atoms with E-state index in [1.807, 2.05) is 13.8 Å². The number of hydrogen-bond acceptors (Lipinski definition) is 4. The van der Waals surface area contributed by atoms with Crippen LogP contribution >= 0.6 is 11.8 Å². The third-order valence-electron chi connectivity index (χ3n) is 3.55. The summed E-state index contributed by atoms with van der Waals surface area (Å²) in [6.45, 7) is 4.54. The topological polar surface area (TPSA) is 59.8 Å². The van der Waals surface area contributed by atoms with Crippen molar-refractivity contribution in [1.29, 1.82) is 0 Å². The van der Waals surface area contributed by atoms with E-state index in [0.717, 1.165) is 11.0 Å². The standard InChI is InChI=1S/C13H20N4OS/c1-3-14-12(18)8(2)19-13-16-15-11(9-4-5-9)17(13)10-6-7-10/h8-10H,3-7H2,1-2H3,(H,14,18)/t8-/m0/s1. The molecule has 1 aromatic heterocycles. The van der Waals surface area contributed by atoms with E-state index in [-0.39, 0.29) is 11.2 Å². The molecule has 6 heteroatoms. The minimum absolute atomic E-state index is 0.0748. The van der Waals surface area contributed by atoms with E-state index in [0.29, 0.717) is 18.5 Å². The zero-order chi connectivity index (χ0) is 13.4. The predicted molar refractivity (Wildman–Crippen MR) is 74.3 cm³/mol. The first-order valence-electron chi connectivity index (χ1n) is 7.09. The molecule has 1 N–H and O–H groups in total. The second-order valence-corrected chi connectivity index (χ2v) is 6.68.